The summed E-state index contributed by atoms with van der Waals surface area (Å²) in [5, 5.41) is 31.2. The van der Waals surface area contributed by atoms with Crippen molar-refractivity contribution in [2.24, 2.45) is 51.2 Å². The SMILES string of the molecule is CC(C)C1CCC2C(CCC3C(C)(COC(=O)NCC4(C)CC(NC(=O)C(CO)c5cc(Nc6ccc(O)c7c6C(=O)c6ccccc6C7=O)c(Br)cc5Br)CC(C)(C)C4)CCCC23C)C1. The zero-order valence-corrected chi connectivity index (χ0v) is 42.9. The van der Waals surface area contributed by atoms with Gasteiger partial charge in [-0.2, -0.15) is 0 Å². The molecule has 0 spiro atoms. The van der Waals surface area contributed by atoms with Gasteiger partial charge in [0.2, 0.25) is 5.91 Å². The first kappa shape index (κ1) is 48.7. The minimum absolute atomic E-state index is 0.0440. The minimum atomic E-state index is -0.950. The van der Waals surface area contributed by atoms with Crippen LogP contribution < -0.4 is 16.0 Å². The predicted molar refractivity (Wildman–Crippen MR) is 265 cm³/mol. The molecule has 5 N–H and O–H groups in total. The molecule has 3 aromatic rings. The number of aromatic hydroxyl groups is 1. The molecule has 0 heterocycles. The van der Waals surface area contributed by atoms with Crippen molar-refractivity contribution in [3.05, 3.63) is 85.3 Å². The van der Waals surface area contributed by atoms with Crippen LogP contribution >= 0.6 is 31.9 Å². The molecule has 0 aliphatic heterocycles. The number of fused-ring (bicyclic) bond motifs is 5. The maximum Gasteiger partial charge on any atom is 0.407 e. The molecular weight excluding hydrogens is 962 g/mol. The summed E-state index contributed by atoms with van der Waals surface area (Å²) in [6, 6.07) is 12.8. The Balaban J connectivity index is 0.912. The number of carbonyl (C=O) groups is 4. The molecule has 9 unspecified atom stereocenters. The lowest BCUT2D eigenvalue weighted by molar-refractivity contribution is -0.136. The Morgan fingerprint density at radius 1 is 0.864 bits per heavy atom. The van der Waals surface area contributed by atoms with Crippen LogP contribution in [0.3, 0.4) is 0 Å². The summed E-state index contributed by atoms with van der Waals surface area (Å²) in [6.45, 7) is 16.7. The van der Waals surface area contributed by atoms with Crippen molar-refractivity contribution >= 4 is 66.8 Å². The fourth-order valence-corrected chi connectivity index (χ4v) is 15.6. The van der Waals surface area contributed by atoms with Gasteiger partial charge in [-0.15, -0.1) is 0 Å². The Hall–Kier alpha value is -3.74. The highest BCUT2D eigenvalue weighted by Gasteiger charge is 2.57. The number of ketones is 2. The van der Waals surface area contributed by atoms with E-state index < -0.39 is 24.1 Å². The number of phenols is 1. The van der Waals surface area contributed by atoms with Crippen LogP contribution in [0.4, 0.5) is 16.2 Å². The molecule has 4 fully saturated rings. The Bertz CT molecular complexity index is 2400. The lowest BCUT2D eigenvalue weighted by atomic mass is 9.44. The molecule has 2 amide bonds. The second-order valence-corrected chi connectivity index (χ2v) is 24.5. The zero-order valence-electron chi connectivity index (χ0n) is 39.8. The van der Waals surface area contributed by atoms with Gasteiger partial charge in [0.15, 0.2) is 11.6 Å². The molecular formula is C54H69Br2N3O7. The van der Waals surface area contributed by atoms with E-state index in [1.54, 1.807) is 42.5 Å². The van der Waals surface area contributed by atoms with Crippen LogP contribution in [0.1, 0.15) is 162 Å². The van der Waals surface area contributed by atoms with Crippen molar-refractivity contribution in [3.63, 3.8) is 0 Å². The molecule has 12 heteroatoms. The molecule has 5 aliphatic rings. The van der Waals surface area contributed by atoms with Gasteiger partial charge in [-0.25, -0.2) is 4.79 Å². The van der Waals surface area contributed by atoms with Crippen molar-refractivity contribution in [2.75, 3.05) is 25.1 Å². The maximum atomic E-state index is 14.2. The number of aliphatic hydroxyl groups is 1. The molecule has 66 heavy (non-hydrogen) atoms. The number of alkyl carbamates (subject to hydrolysis) is 1. The fourth-order valence-electron chi connectivity index (χ4n) is 14.2. The standard InChI is InChI=1S/C54H69Br2N3O7/c1-30(2)31-13-15-38-32(21-31)14-18-44-53(6,19-10-20-54(38,44)7)29-66-50(65)57-28-52(5)25-33(24-51(3,4)27-52)58-49(64)37(26-60)36-22-42(40(56)23-39(36)55)59-41-16-17-43(61)46-45(41)47(62)34-11-8-9-12-35(34)48(46)63/h8-9,11-12,16-17,22-23,30-33,37-38,44,59-61H,10,13-15,18-21,24-29H2,1-7H3,(H,57,65)(H,58,64). The van der Waals surface area contributed by atoms with Crippen molar-refractivity contribution in [1.82, 2.24) is 10.6 Å². The number of phenolic OH excluding ortho intramolecular Hbond substituents is 1. The van der Waals surface area contributed by atoms with E-state index in [9.17, 15) is 29.4 Å². The number of nitrogens with one attached hydrogen (secondary N) is 3. The molecule has 9 atom stereocenters. The number of benzene rings is 3. The molecule has 0 aromatic heterocycles. The summed E-state index contributed by atoms with van der Waals surface area (Å²) in [5.41, 5.74) is 1.56. The topological polar surface area (TPSA) is 154 Å². The minimum Gasteiger partial charge on any atom is -0.507 e. The summed E-state index contributed by atoms with van der Waals surface area (Å²) in [4.78, 5) is 55.1. The highest BCUT2D eigenvalue weighted by molar-refractivity contribution is 9.11. The Labute approximate surface area is 407 Å². The van der Waals surface area contributed by atoms with Crippen LogP contribution in [0.5, 0.6) is 5.75 Å². The molecule has 4 saturated carbocycles. The number of anilines is 2. The van der Waals surface area contributed by atoms with E-state index in [0.29, 0.717) is 56.8 Å². The summed E-state index contributed by atoms with van der Waals surface area (Å²) >= 11 is 7.23. The fraction of sp³-hybridized carbons (Fsp3) is 0.593. The summed E-state index contributed by atoms with van der Waals surface area (Å²) < 4.78 is 7.34. The lowest BCUT2D eigenvalue weighted by Crippen LogP contribution is -2.55. The van der Waals surface area contributed by atoms with Gasteiger partial charge in [-0.05, 0) is 156 Å². The predicted octanol–water partition coefficient (Wildman–Crippen LogP) is 12.2. The molecule has 356 valence electrons. The summed E-state index contributed by atoms with van der Waals surface area (Å²) in [6.07, 6.45) is 12.0. The third-order valence-electron chi connectivity index (χ3n) is 17.0. The molecule has 3 aromatic carbocycles. The number of amides is 2. The number of aliphatic hydroxyl groups excluding tert-OH is 1. The second-order valence-electron chi connectivity index (χ2n) is 22.8. The first-order chi connectivity index (χ1) is 31.2. The number of carbonyl (C=O) groups excluding carboxylic acids is 4. The first-order valence-corrected chi connectivity index (χ1v) is 25.9. The van der Waals surface area contributed by atoms with E-state index in [4.69, 9.17) is 4.74 Å². The van der Waals surface area contributed by atoms with E-state index in [1.807, 2.05) is 0 Å². The van der Waals surface area contributed by atoms with Crippen LogP contribution in [-0.2, 0) is 9.53 Å². The molecule has 0 radical (unpaired) electrons. The van der Waals surface area contributed by atoms with E-state index in [1.165, 1.54) is 51.0 Å². The third kappa shape index (κ3) is 9.37. The van der Waals surface area contributed by atoms with Gasteiger partial charge in [-0.3, -0.25) is 14.4 Å². The number of ether oxygens (including phenoxy) is 1. The van der Waals surface area contributed by atoms with E-state index >= 15 is 0 Å². The van der Waals surface area contributed by atoms with Gasteiger partial charge in [0.05, 0.1) is 41.6 Å². The number of hydrogen-bond donors (Lipinski definition) is 5. The smallest absolute Gasteiger partial charge is 0.407 e. The van der Waals surface area contributed by atoms with Gasteiger partial charge < -0.3 is 30.9 Å². The average molecular weight is 1030 g/mol. The average Bonchev–Trinajstić information content (AvgIpc) is 3.25. The summed E-state index contributed by atoms with van der Waals surface area (Å²) in [7, 11) is 0. The Kier molecular flexibility index (Phi) is 13.8. The van der Waals surface area contributed by atoms with Gasteiger partial charge in [-0.1, -0.05) is 95.1 Å². The van der Waals surface area contributed by atoms with E-state index in [0.717, 1.165) is 42.9 Å². The van der Waals surface area contributed by atoms with Crippen LogP contribution in [0.15, 0.2) is 57.5 Å². The quantitative estimate of drug-likeness (QED) is 0.0931. The van der Waals surface area contributed by atoms with Gasteiger partial charge in [0, 0.05) is 38.1 Å². The maximum absolute atomic E-state index is 14.2. The number of halogens is 2. The largest absolute Gasteiger partial charge is 0.507 e. The van der Waals surface area contributed by atoms with Crippen molar-refractivity contribution in [1.29, 1.82) is 0 Å². The summed E-state index contributed by atoms with van der Waals surface area (Å²) in [5.74, 6) is 1.33. The van der Waals surface area contributed by atoms with Crippen molar-refractivity contribution in [3.8, 4) is 5.75 Å². The van der Waals surface area contributed by atoms with E-state index in [-0.39, 0.29) is 62.3 Å². The number of hydrogen-bond acceptors (Lipinski definition) is 8. The van der Waals surface area contributed by atoms with Crippen molar-refractivity contribution in [2.45, 2.75) is 131 Å². The van der Waals surface area contributed by atoms with E-state index in [2.05, 4.69) is 96.3 Å². The third-order valence-corrected chi connectivity index (χ3v) is 18.3. The zero-order chi connectivity index (χ0) is 47.5. The van der Waals surface area contributed by atoms with Gasteiger partial charge in [0.25, 0.3) is 0 Å². The van der Waals surface area contributed by atoms with Crippen molar-refractivity contribution < 1.29 is 34.1 Å². The Morgan fingerprint density at radius 3 is 2.27 bits per heavy atom. The monoisotopic (exact) mass is 1030 g/mol. The van der Waals surface area contributed by atoms with Crippen LogP contribution in [0.25, 0.3) is 0 Å². The second kappa shape index (κ2) is 18.6. The Morgan fingerprint density at radius 2 is 1.58 bits per heavy atom. The molecule has 0 saturated heterocycles. The van der Waals surface area contributed by atoms with Crippen LogP contribution in [-0.4, -0.2) is 59.6 Å². The first-order valence-electron chi connectivity index (χ1n) is 24.3. The van der Waals surface area contributed by atoms with Crippen LogP contribution in [0.2, 0.25) is 0 Å². The van der Waals surface area contributed by atoms with Gasteiger partial charge >= 0.3 is 6.09 Å². The highest BCUT2D eigenvalue weighted by atomic mass is 79.9. The van der Waals surface area contributed by atoms with Gasteiger partial charge in [0.1, 0.15) is 5.75 Å². The van der Waals surface area contributed by atoms with Crippen LogP contribution in [0, 0.1) is 51.2 Å². The number of rotatable bonds is 11. The lowest BCUT2D eigenvalue weighted by Gasteiger charge is -2.61. The molecule has 5 aliphatic carbocycles. The molecule has 8 rings (SSSR count). The normalized spacial score (nSPS) is 30.6. The highest BCUT2D eigenvalue weighted by Crippen LogP contribution is 2.64. The molecule has 10 nitrogen and oxygen atoms in total. The molecule has 0 bridgehead atoms.